The summed E-state index contributed by atoms with van der Waals surface area (Å²) < 4.78 is 237. The molecule has 203 valence electrons. The molecule has 0 fully saturated rings. The van der Waals surface area contributed by atoms with Gasteiger partial charge < -0.3 is 0 Å². The lowest BCUT2D eigenvalue weighted by Gasteiger charge is -2.36. The fourth-order valence-electron chi connectivity index (χ4n) is 2.57. The van der Waals surface area contributed by atoms with Crippen molar-refractivity contribution in [1.29, 1.82) is 0 Å². The zero-order chi connectivity index (χ0) is 28.3. The third kappa shape index (κ3) is 4.49. The zero-order valence-electron chi connectivity index (χ0n) is 16.2. The summed E-state index contributed by atoms with van der Waals surface area (Å²) in [6, 6.07) is -2.02. The molecular formula is C17H9F18. The van der Waals surface area contributed by atoms with E-state index in [1.54, 1.807) is 0 Å². The number of rotatable bonds is 8. The molecule has 35 heavy (non-hydrogen) atoms. The number of hydrogen-bond donors (Lipinski definition) is 0. The van der Waals surface area contributed by atoms with Gasteiger partial charge in [-0.1, -0.05) is 19.1 Å². The van der Waals surface area contributed by atoms with Gasteiger partial charge in [0.2, 0.25) is 0 Å². The molecule has 0 saturated carbocycles. The van der Waals surface area contributed by atoms with Crippen LogP contribution >= 0.6 is 0 Å². The predicted molar refractivity (Wildman–Crippen MR) is 79.8 cm³/mol. The molecule has 1 aromatic carbocycles. The Kier molecular flexibility index (Phi) is 7.54. The van der Waals surface area contributed by atoms with Crippen LogP contribution < -0.4 is 0 Å². The van der Waals surface area contributed by atoms with Crippen molar-refractivity contribution in [3.8, 4) is 0 Å². The summed E-state index contributed by atoms with van der Waals surface area (Å²) in [6.07, 6.45) is -16.5. The maximum atomic E-state index is 14.3. The van der Waals surface area contributed by atoms with Gasteiger partial charge in [0.1, 0.15) is 0 Å². The average molecular weight is 555 g/mol. The van der Waals surface area contributed by atoms with E-state index in [1.807, 2.05) is 0 Å². The Morgan fingerprint density at radius 2 is 0.886 bits per heavy atom. The van der Waals surface area contributed by atoms with Crippen LogP contribution in [0.4, 0.5) is 79.0 Å². The molecule has 0 aliphatic carbocycles. The topological polar surface area (TPSA) is 0 Å². The third-order valence-electron chi connectivity index (χ3n) is 4.55. The van der Waals surface area contributed by atoms with E-state index in [2.05, 4.69) is 6.92 Å². The molecule has 0 atom stereocenters. The Bertz CT molecular complexity index is 905. The van der Waals surface area contributed by atoms with Crippen molar-refractivity contribution in [2.24, 2.45) is 0 Å². The molecule has 0 nitrogen and oxygen atoms in total. The van der Waals surface area contributed by atoms with Crippen molar-refractivity contribution >= 4 is 0 Å². The van der Waals surface area contributed by atoms with Gasteiger partial charge in [-0.3, -0.25) is 0 Å². The highest BCUT2D eigenvalue weighted by Gasteiger charge is 2.83. The van der Waals surface area contributed by atoms with Crippen molar-refractivity contribution in [2.45, 2.75) is 60.7 Å². The van der Waals surface area contributed by atoms with Crippen molar-refractivity contribution in [3.05, 3.63) is 41.8 Å². The normalized spacial score (nSPS) is 15.5. The molecule has 0 unspecified atom stereocenters. The first kappa shape index (κ1) is 31.0. The Morgan fingerprint density at radius 3 is 1.23 bits per heavy atom. The van der Waals surface area contributed by atoms with Crippen molar-refractivity contribution in [2.75, 3.05) is 0 Å². The molecule has 0 N–H and O–H groups in total. The van der Waals surface area contributed by atoms with Crippen LogP contribution in [-0.2, 0) is 18.3 Å². The van der Waals surface area contributed by atoms with Crippen LogP contribution in [-0.4, -0.2) is 36.0 Å². The number of hydrogen-bond acceptors (Lipinski definition) is 0. The third-order valence-corrected chi connectivity index (χ3v) is 4.55. The molecule has 0 aliphatic rings. The fourth-order valence-corrected chi connectivity index (χ4v) is 2.57. The summed E-state index contributed by atoms with van der Waals surface area (Å²) >= 11 is 0. The van der Waals surface area contributed by atoms with Gasteiger partial charge in [0.05, 0.1) is 0 Å². The first-order valence-corrected chi connectivity index (χ1v) is 8.49. The smallest absolute Gasteiger partial charge is 0.194 e. The molecule has 1 rings (SSSR count). The van der Waals surface area contributed by atoms with Crippen LogP contribution in [0, 0.1) is 6.92 Å². The second-order valence-electron chi connectivity index (χ2n) is 6.92. The van der Waals surface area contributed by atoms with Gasteiger partial charge in [0.15, 0.2) is 0 Å². The monoisotopic (exact) mass is 555 g/mol. The standard InChI is InChI=1S/C17H9F18/c1-2-3-7-4-5-8(10(18,19)12(22,23)14(26,27)16(30,31)32)6-9(7)11(20,21)13(24,25)15(28,29)17(33,34)35/h4-6H,1-3H2. The number of benzene rings is 1. The second kappa shape index (κ2) is 8.52. The van der Waals surface area contributed by atoms with Gasteiger partial charge in [0.25, 0.3) is 0 Å². The van der Waals surface area contributed by atoms with E-state index in [0.717, 1.165) is 0 Å². The molecule has 1 aromatic rings. The Hall–Kier alpha value is -2.04. The lowest BCUT2D eigenvalue weighted by Crippen LogP contribution is -2.60. The van der Waals surface area contributed by atoms with Crippen LogP contribution in [0.1, 0.15) is 23.1 Å². The molecule has 0 saturated heterocycles. The number of alkyl halides is 18. The van der Waals surface area contributed by atoms with Crippen LogP contribution in [0.3, 0.4) is 0 Å². The highest BCUT2D eigenvalue weighted by Crippen LogP contribution is 2.59. The molecule has 0 aliphatic heterocycles. The predicted octanol–water partition coefficient (Wildman–Crippen LogP) is 8.30. The summed E-state index contributed by atoms with van der Waals surface area (Å²) in [7, 11) is 0. The van der Waals surface area contributed by atoms with Crippen molar-refractivity contribution in [1.82, 2.24) is 0 Å². The minimum absolute atomic E-state index is 0.249. The van der Waals surface area contributed by atoms with Crippen LogP contribution in [0.25, 0.3) is 0 Å². The molecule has 0 heterocycles. The quantitative estimate of drug-likeness (QED) is 0.283. The largest absolute Gasteiger partial charge is 0.460 e. The second-order valence-corrected chi connectivity index (χ2v) is 6.92. The van der Waals surface area contributed by atoms with Crippen LogP contribution in [0.15, 0.2) is 18.2 Å². The highest BCUT2D eigenvalue weighted by molar-refractivity contribution is 5.40. The van der Waals surface area contributed by atoms with Gasteiger partial charge in [0, 0.05) is 11.1 Å². The van der Waals surface area contributed by atoms with E-state index >= 15 is 0 Å². The number of aryl methyl sites for hydroxylation is 1. The highest BCUT2D eigenvalue weighted by atomic mass is 19.4. The van der Waals surface area contributed by atoms with Gasteiger partial charge >= 0.3 is 47.9 Å². The summed E-state index contributed by atoms with van der Waals surface area (Å²) in [5, 5.41) is 0. The van der Waals surface area contributed by atoms with E-state index in [4.69, 9.17) is 0 Å². The Labute approximate surface area is 182 Å². The van der Waals surface area contributed by atoms with Crippen LogP contribution in [0.5, 0.6) is 0 Å². The molecule has 0 bridgehead atoms. The van der Waals surface area contributed by atoms with E-state index in [1.165, 1.54) is 0 Å². The lowest BCUT2D eigenvalue weighted by atomic mass is 9.87. The molecule has 1 radical (unpaired) electrons. The molecule has 18 heteroatoms. The van der Waals surface area contributed by atoms with E-state index in [-0.39, 0.29) is 6.07 Å². The maximum Gasteiger partial charge on any atom is 0.460 e. The number of halogens is 18. The molecule has 0 amide bonds. The van der Waals surface area contributed by atoms with Crippen LogP contribution in [0.2, 0.25) is 0 Å². The summed E-state index contributed by atoms with van der Waals surface area (Å²) in [4.78, 5) is 0. The summed E-state index contributed by atoms with van der Waals surface area (Å²) in [5.74, 6) is -43.7. The summed E-state index contributed by atoms with van der Waals surface area (Å²) in [5.41, 5.74) is -7.29. The SMILES string of the molecule is [CH2]CCc1ccc(C(F)(F)C(F)(F)C(F)(F)C(F)(F)F)cc1C(F)(F)C(F)(F)C(F)(F)C(F)(F)F. The van der Waals surface area contributed by atoms with E-state index < -0.39 is 89.6 Å². The van der Waals surface area contributed by atoms with Crippen molar-refractivity contribution in [3.63, 3.8) is 0 Å². The minimum atomic E-state index is -7.56. The lowest BCUT2D eigenvalue weighted by molar-refractivity contribution is -0.400. The molecule has 0 aromatic heterocycles. The zero-order valence-corrected chi connectivity index (χ0v) is 16.2. The average Bonchev–Trinajstić information content (AvgIpc) is 2.65. The fraction of sp³-hybridized carbons (Fsp3) is 0.588. The summed E-state index contributed by atoms with van der Waals surface area (Å²) in [6.45, 7) is 2.97. The Morgan fingerprint density at radius 1 is 0.514 bits per heavy atom. The first-order valence-electron chi connectivity index (χ1n) is 8.49. The van der Waals surface area contributed by atoms with Gasteiger partial charge in [-0.15, -0.1) is 0 Å². The van der Waals surface area contributed by atoms with E-state index in [0.29, 0.717) is 0 Å². The van der Waals surface area contributed by atoms with Gasteiger partial charge in [-0.05, 0) is 24.5 Å². The Balaban J connectivity index is 3.92. The van der Waals surface area contributed by atoms with Gasteiger partial charge in [-0.2, -0.15) is 79.0 Å². The van der Waals surface area contributed by atoms with Crippen molar-refractivity contribution < 1.29 is 79.0 Å². The minimum Gasteiger partial charge on any atom is -0.194 e. The maximum absolute atomic E-state index is 14.3. The first-order chi connectivity index (χ1) is 15.2. The van der Waals surface area contributed by atoms with Gasteiger partial charge in [-0.25, -0.2) is 0 Å². The molecule has 0 spiro atoms. The van der Waals surface area contributed by atoms with E-state index in [9.17, 15) is 79.0 Å². The molecular weight excluding hydrogens is 546 g/mol.